The molecule has 1 aliphatic heterocycles. The second-order valence-electron chi connectivity index (χ2n) is 5.04. The fourth-order valence-electron chi connectivity index (χ4n) is 2.22. The zero-order chi connectivity index (χ0) is 13.4. The first-order valence-corrected chi connectivity index (χ1v) is 8.27. The van der Waals surface area contributed by atoms with Crippen molar-refractivity contribution in [3.8, 4) is 0 Å². The van der Waals surface area contributed by atoms with E-state index in [1.807, 2.05) is 18.8 Å². The van der Waals surface area contributed by atoms with Crippen LogP contribution >= 0.6 is 11.8 Å². The molecule has 106 valence electrons. The summed E-state index contributed by atoms with van der Waals surface area (Å²) in [6, 6.07) is 1.24. The molecule has 1 heterocycles. The summed E-state index contributed by atoms with van der Waals surface area (Å²) < 4.78 is 0. The van der Waals surface area contributed by atoms with Crippen molar-refractivity contribution in [2.24, 2.45) is 4.99 Å². The maximum absolute atomic E-state index is 4.28. The van der Waals surface area contributed by atoms with Gasteiger partial charge in [-0.1, -0.05) is 0 Å². The zero-order valence-electron chi connectivity index (χ0n) is 12.2. The van der Waals surface area contributed by atoms with Crippen LogP contribution in [0.2, 0.25) is 0 Å². The first-order valence-electron chi connectivity index (χ1n) is 6.87. The molecule has 1 rings (SSSR count). The van der Waals surface area contributed by atoms with E-state index in [1.165, 1.54) is 25.9 Å². The molecular formula is C13H28N4S. The number of hydrogen-bond donors (Lipinski definition) is 2. The monoisotopic (exact) mass is 272 g/mol. The van der Waals surface area contributed by atoms with Gasteiger partial charge in [-0.15, -0.1) is 0 Å². The number of likely N-dealkylation sites (tertiary alicyclic amines) is 1. The van der Waals surface area contributed by atoms with E-state index in [-0.39, 0.29) is 0 Å². The number of rotatable bonds is 5. The largest absolute Gasteiger partial charge is 0.356 e. The molecule has 0 amide bonds. The molecule has 18 heavy (non-hydrogen) atoms. The Kier molecular flexibility index (Phi) is 7.51. The van der Waals surface area contributed by atoms with Gasteiger partial charge in [0, 0.05) is 44.5 Å². The molecule has 4 nitrogen and oxygen atoms in total. The Morgan fingerprint density at radius 1 is 1.39 bits per heavy atom. The van der Waals surface area contributed by atoms with Crippen molar-refractivity contribution in [2.45, 2.75) is 38.8 Å². The summed E-state index contributed by atoms with van der Waals surface area (Å²) in [7, 11) is 1.84. The predicted octanol–water partition coefficient (Wildman–Crippen LogP) is 1.39. The van der Waals surface area contributed by atoms with Crippen LogP contribution in [-0.4, -0.2) is 61.6 Å². The van der Waals surface area contributed by atoms with Gasteiger partial charge in [0.25, 0.3) is 0 Å². The minimum atomic E-state index is 0.570. The molecule has 0 aromatic carbocycles. The van der Waals surface area contributed by atoms with E-state index in [0.717, 1.165) is 18.3 Å². The molecule has 0 aromatic rings. The normalized spacial score (nSPS) is 19.3. The summed E-state index contributed by atoms with van der Waals surface area (Å²) in [5.41, 5.74) is 0. The minimum absolute atomic E-state index is 0.570. The number of aliphatic imine (C=N–C) groups is 1. The summed E-state index contributed by atoms with van der Waals surface area (Å²) >= 11 is 1.85. The van der Waals surface area contributed by atoms with E-state index in [4.69, 9.17) is 0 Å². The van der Waals surface area contributed by atoms with Crippen molar-refractivity contribution in [1.82, 2.24) is 15.5 Å². The Balaban J connectivity index is 2.26. The SMILES string of the molecule is CN=C(NCCSC)NC1CCN(C(C)C)CC1. The number of nitrogens with zero attached hydrogens (tertiary/aromatic N) is 2. The van der Waals surface area contributed by atoms with Gasteiger partial charge in [-0.3, -0.25) is 4.99 Å². The van der Waals surface area contributed by atoms with Gasteiger partial charge in [0.15, 0.2) is 5.96 Å². The number of thioether (sulfide) groups is 1. The molecule has 0 aliphatic carbocycles. The first kappa shape index (κ1) is 15.6. The minimum Gasteiger partial charge on any atom is -0.356 e. The molecule has 5 heteroatoms. The first-order chi connectivity index (χ1) is 8.67. The van der Waals surface area contributed by atoms with Gasteiger partial charge in [-0.25, -0.2) is 0 Å². The highest BCUT2D eigenvalue weighted by Crippen LogP contribution is 2.12. The van der Waals surface area contributed by atoms with Crippen LogP contribution in [0.4, 0.5) is 0 Å². The summed E-state index contributed by atoms with van der Waals surface area (Å²) in [6.45, 7) is 7.91. The van der Waals surface area contributed by atoms with Crippen molar-refractivity contribution in [3.05, 3.63) is 0 Å². The molecule has 0 radical (unpaired) electrons. The Labute approximate surface area is 116 Å². The summed E-state index contributed by atoms with van der Waals surface area (Å²) in [4.78, 5) is 6.82. The Morgan fingerprint density at radius 2 is 2.06 bits per heavy atom. The van der Waals surface area contributed by atoms with Crippen molar-refractivity contribution >= 4 is 17.7 Å². The number of guanidine groups is 1. The van der Waals surface area contributed by atoms with Gasteiger partial charge in [0.05, 0.1) is 0 Å². The van der Waals surface area contributed by atoms with Crippen molar-refractivity contribution in [3.63, 3.8) is 0 Å². The maximum Gasteiger partial charge on any atom is 0.191 e. The molecule has 0 saturated carbocycles. The summed E-state index contributed by atoms with van der Waals surface area (Å²) in [5.74, 6) is 2.07. The van der Waals surface area contributed by atoms with Crippen LogP contribution in [0, 0.1) is 0 Å². The predicted molar refractivity (Wildman–Crippen MR) is 82.6 cm³/mol. The van der Waals surface area contributed by atoms with Crippen LogP contribution < -0.4 is 10.6 Å². The van der Waals surface area contributed by atoms with Crippen LogP contribution in [0.25, 0.3) is 0 Å². The average Bonchev–Trinajstić information content (AvgIpc) is 2.38. The van der Waals surface area contributed by atoms with Crippen LogP contribution in [0.3, 0.4) is 0 Å². The smallest absolute Gasteiger partial charge is 0.191 e. The highest BCUT2D eigenvalue weighted by Gasteiger charge is 2.21. The molecule has 1 aliphatic rings. The third-order valence-corrected chi connectivity index (χ3v) is 4.04. The van der Waals surface area contributed by atoms with Crippen molar-refractivity contribution in [2.75, 3.05) is 38.7 Å². The van der Waals surface area contributed by atoms with Crippen molar-refractivity contribution < 1.29 is 0 Å². The molecule has 0 atom stereocenters. The lowest BCUT2D eigenvalue weighted by molar-refractivity contribution is 0.167. The van der Waals surface area contributed by atoms with Crippen LogP contribution in [-0.2, 0) is 0 Å². The Hall–Kier alpha value is -0.420. The molecule has 0 unspecified atom stereocenters. The fourth-order valence-corrected chi connectivity index (χ4v) is 2.53. The lowest BCUT2D eigenvalue weighted by Gasteiger charge is -2.35. The highest BCUT2D eigenvalue weighted by molar-refractivity contribution is 7.98. The third-order valence-electron chi connectivity index (χ3n) is 3.42. The number of piperidine rings is 1. The second kappa shape index (κ2) is 8.64. The van der Waals surface area contributed by atoms with Crippen LogP contribution in [0.5, 0.6) is 0 Å². The van der Waals surface area contributed by atoms with E-state index < -0.39 is 0 Å². The molecular weight excluding hydrogens is 244 g/mol. The van der Waals surface area contributed by atoms with Crippen molar-refractivity contribution in [1.29, 1.82) is 0 Å². The highest BCUT2D eigenvalue weighted by atomic mass is 32.2. The Morgan fingerprint density at radius 3 is 2.56 bits per heavy atom. The summed E-state index contributed by atoms with van der Waals surface area (Å²) in [6.07, 6.45) is 4.54. The van der Waals surface area contributed by atoms with E-state index in [0.29, 0.717) is 12.1 Å². The standard InChI is InChI=1S/C13H28N4S/c1-11(2)17-8-5-12(6-9-17)16-13(14-3)15-7-10-18-4/h11-12H,5-10H2,1-4H3,(H2,14,15,16). The van der Waals surface area contributed by atoms with Gasteiger partial charge in [0.2, 0.25) is 0 Å². The number of nitrogens with one attached hydrogen (secondary N) is 2. The molecule has 1 fully saturated rings. The van der Waals surface area contributed by atoms with Gasteiger partial charge >= 0.3 is 0 Å². The summed E-state index contributed by atoms with van der Waals surface area (Å²) in [5, 5.41) is 6.88. The molecule has 2 N–H and O–H groups in total. The second-order valence-corrected chi connectivity index (χ2v) is 6.03. The molecule has 0 aromatic heterocycles. The molecule has 1 saturated heterocycles. The fraction of sp³-hybridized carbons (Fsp3) is 0.923. The van der Waals surface area contributed by atoms with Gasteiger partial charge < -0.3 is 15.5 Å². The topological polar surface area (TPSA) is 39.7 Å². The lowest BCUT2D eigenvalue weighted by Crippen LogP contribution is -2.50. The van der Waals surface area contributed by atoms with E-state index in [2.05, 4.69) is 40.6 Å². The van der Waals surface area contributed by atoms with Gasteiger partial charge in [-0.05, 0) is 32.9 Å². The molecule has 0 bridgehead atoms. The van der Waals surface area contributed by atoms with Crippen LogP contribution in [0.1, 0.15) is 26.7 Å². The quantitative estimate of drug-likeness (QED) is 0.451. The van der Waals surface area contributed by atoms with Gasteiger partial charge in [0.1, 0.15) is 0 Å². The van der Waals surface area contributed by atoms with Crippen LogP contribution in [0.15, 0.2) is 4.99 Å². The molecule has 0 spiro atoms. The number of hydrogen-bond acceptors (Lipinski definition) is 3. The van der Waals surface area contributed by atoms with E-state index in [1.54, 1.807) is 0 Å². The van der Waals surface area contributed by atoms with E-state index >= 15 is 0 Å². The average molecular weight is 272 g/mol. The Bertz CT molecular complexity index is 247. The maximum atomic E-state index is 4.28. The zero-order valence-corrected chi connectivity index (χ0v) is 13.0. The van der Waals surface area contributed by atoms with E-state index in [9.17, 15) is 0 Å². The lowest BCUT2D eigenvalue weighted by atomic mass is 10.0. The van der Waals surface area contributed by atoms with Gasteiger partial charge in [-0.2, -0.15) is 11.8 Å². The third kappa shape index (κ3) is 5.48.